The summed E-state index contributed by atoms with van der Waals surface area (Å²) in [5, 5.41) is 26.0. The monoisotopic (exact) mass is 266 g/mol. The molecule has 0 aliphatic rings. The Hall–Kier alpha value is -0.850. The third-order valence-corrected chi connectivity index (χ3v) is 2.18. The van der Waals surface area contributed by atoms with Crippen LogP contribution in [-0.2, 0) is 18.8 Å². The molecule has 8 heteroatoms. The highest BCUT2D eigenvalue weighted by molar-refractivity contribution is 7.24. The van der Waals surface area contributed by atoms with Gasteiger partial charge in [-0.2, -0.15) is 0 Å². The second kappa shape index (κ2) is 9.21. The van der Waals surface area contributed by atoms with Crippen molar-refractivity contribution in [2.45, 2.75) is 11.9 Å². The molecular weight excluding hydrogens is 251 g/mol. The minimum atomic E-state index is -1.17. The summed E-state index contributed by atoms with van der Waals surface area (Å²) < 4.78 is 20.5. The number of rotatable bonds is 10. The molecule has 0 rings (SSSR count). The molecule has 7 nitrogen and oxygen atoms in total. The van der Waals surface area contributed by atoms with Crippen LogP contribution in [0.4, 0.5) is 0 Å². The van der Waals surface area contributed by atoms with Crippen LogP contribution in [0.1, 0.15) is 0 Å². The highest BCUT2D eigenvalue weighted by Gasteiger charge is 2.13. The lowest BCUT2D eigenvalue weighted by Gasteiger charge is -2.13. The third kappa shape index (κ3) is 7.95. The summed E-state index contributed by atoms with van der Waals surface area (Å²) in [5.41, 5.74) is -0.123. The van der Waals surface area contributed by atoms with E-state index in [9.17, 15) is 9.36 Å². The van der Waals surface area contributed by atoms with Crippen molar-refractivity contribution in [2.75, 3.05) is 26.4 Å². The lowest BCUT2D eigenvalue weighted by atomic mass is 10.3. The maximum absolute atomic E-state index is 10.6. The second-order valence-electron chi connectivity index (χ2n) is 3.15. The smallest absolute Gasteiger partial charge is 0.333 e. The molecule has 2 atom stereocenters. The molecule has 0 saturated carbocycles. The van der Waals surface area contributed by atoms with Gasteiger partial charge >= 0.3 is 5.97 Å². The Balaban J connectivity index is 3.79. The number of aliphatic carboxylic acids is 1. The van der Waals surface area contributed by atoms with Gasteiger partial charge in [0.05, 0.1) is 32.0 Å². The van der Waals surface area contributed by atoms with E-state index in [4.69, 9.17) is 24.8 Å². The molecule has 0 aromatic rings. The summed E-state index contributed by atoms with van der Waals surface area (Å²) in [7, 11) is -0.352. The Labute approximate surface area is 99.9 Å². The van der Waals surface area contributed by atoms with Gasteiger partial charge in [-0.3, -0.25) is 4.57 Å². The molecule has 0 spiro atoms. The van der Waals surface area contributed by atoms with Crippen LogP contribution in [0.2, 0.25) is 0 Å². The van der Waals surface area contributed by atoms with Gasteiger partial charge in [-0.05, 0) is 0 Å². The SMILES string of the molecule is C=C(COCC(OCC(O)CO)P=O)C(=O)O. The first kappa shape index (κ1) is 16.1. The van der Waals surface area contributed by atoms with Crippen LogP contribution in [0.15, 0.2) is 12.2 Å². The van der Waals surface area contributed by atoms with Crippen molar-refractivity contribution in [2.24, 2.45) is 0 Å². The first-order valence-electron chi connectivity index (χ1n) is 4.73. The normalized spacial score (nSPS) is 14.5. The first-order chi connectivity index (χ1) is 8.01. The standard InChI is InChI=1S/C9H15O7P/c1-6(9(12)13)3-15-5-8(17-14)16-4-7(11)2-10/h7-8,10-11H,1-5H2,(H,12,13). The van der Waals surface area contributed by atoms with E-state index in [1.54, 1.807) is 0 Å². The maximum atomic E-state index is 10.6. The minimum Gasteiger partial charge on any atom is -0.478 e. The fourth-order valence-corrected chi connectivity index (χ4v) is 1.04. The molecule has 3 N–H and O–H groups in total. The number of carboxylic acid groups (broad SMARTS) is 1. The highest BCUT2D eigenvalue weighted by atomic mass is 31.1. The molecule has 0 amide bonds. The molecule has 0 radical (unpaired) electrons. The second-order valence-corrected chi connectivity index (χ2v) is 3.94. The van der Waals surface area contributed by atoms with Crippen molar-refractivity contribution in [3.05, 3.63) is 12.2 Å². The van der Waals surface area contributed by atoms with Crippen molar-refractivity contribution in [1.29, 1.82) is 0 Å². The predicted octanol–water partition coefficient (Wildman–Crippen LogP) is -0.369. The Morgan fingerprint density at radius 3 is 2.53 bits per heavy atom. The van der Waals surface area contributed by atoms with E-state index >= 15 is 0 Å². The van der Waals surface area contributed by atoms with Crippen molar-refractivity contribution >= 4 is 14.4 Å². The van der Waals surface area contributed by atoms with Gasteiger partial charge in [0.15, 0.2) is 14.3 Å². The van der Waals surface area contributed by atoms with Crippen molar-refractivity contribution < 1.29 is 34.2 Å². The molecule has 0 aliphatic carbocycles. The molecular formula is C9H15O7P. The number of hydrogen-bond donors (Lipinski definition) is 3. The summed E-state index contributed by atoms with van der Waals surface area (Å²) in [6, 6.07) is 0. The molecule has 0 fully saturated rings. The zero-order chi connectivity index (χ0) is 13.3. The summed E-state index contributed by atoms with van der Waals surface area (Å²) in [6.07, 6.45) is -1.05. The average Bonchev–Trinajstić information content (AvgIpc) is 2.32. The zero-order valence-electron chi connectivity index (χ0n) is 9.11. The number of carbonyl (C=O) groups is 1. The van der Waals surface area contributed by atoms with Gasteiger partial charge in [0.2, 0.25) is 0 Å². The van der Waals surface area contributed by atoms with Crippen LogP contribution >= 0.6 is 8.46 Å². The van der Waals surface area contributed by atoms with Gasteiger partial charge in [0.25, 0.3) is 0 Å². The fraction of sp³-hybridized carbons (Fsp3) is 0.667. The Kier molecular flexibility index (Phi) is 8.75. The van der Waals surface area contributed by atoms with E-state index in [0.717, 1.165) is 0 Å². The lowest BCUT2D eigenvalue weighted by molar-refractivity contribution is -0.133. The molecule has 0 bridgehead atoms. The van der Waals surface area contributed by atoms with Gasteiger partial charge in [0.1, 0.15) is 6.10 Å². The van der Waals surface area contributed by atoms with Crippen LogP contribution in [0.5, 0.6) is 0 Å². The Bertz CT molecular complexity index is 268. The van der Waals surface area contributed by atoms with Gasteiger partial charge < -0.3 is 24.8 Å². The van der Waals surface area contributed by atoms with Crippen LogP contribution in [0.3, 0.4) is 0 Å². The lowest BCUT2D eigenvalue weighted by Crippen LogP contribution is -2.24. The molecule has 0 aromatic heterocycles. The van der Waals surface area contributed by atoms with E-state index in [0.29, 0.717) is 0 Å². The van der Waals surface area contributed by atoms with Crippen molar-refractivity contribution in [3.63, 3.8) is 0 Å². The van der Waals surface area contributed by atoms with Crippen LogP contribution in [0.25, 0.3) is 0 Å². The van der Waals surface area contributed by atoms with E-state index < -0.39 is 24.5 Å². The van der Waals surface area contributed by atoms with E-state index in [-0.39, 0.29) is 33.9 Å². The van der Waals surface area contributed by atoms with Gasteiger partial charge in [-0.15, -0.1) is 0 Å². The number of carboxylic acids is 1. The van der Waals surface area contributed by atoms with E-state index in [1.165, 1.54) is 0 Å². The van der Waals surface area contributed by atoms with Gasteiger partial charge in [0, 0.05) is 0 Å². The topological polar surface area (TPSA) is 113 Å². The largest absolute Gasteiger partial charge is 0.478 e. The number of aliphatic hydroxyl groups excluding tert-OH is 2. The van der Waals surface area contributed by atoms with Gasteiger partial charge in [-0.1, -0.05) is 6.58 Å². The van der Waals surface area contributed by atoms with Crippen LogP contribution in [-0.4, -0.2) is 59.7 Å². The maximum Gasteiger partial charge on any atom is 0.333 e. The summed E-state index contributed by atoms with van der Waals surface area (Å²) in [4.78, 5) is 10.4. The Morgan fingerprint density at radius 2 is 2.06 bits per heavy atom. The molecule has 2 unspecified atom stereocenters. The molecule has 0 saturated heterocycles. The van der Waals surface area contributed by atoms with Crippen LogP contribution in [0, 0.1) is 0 Å². The number of aliphatic hydroxyl groups is 2. The van der Waals surface area contributed by atoms with Gasteiger partial charge in [-0.25, -0.2) is 4.79 Å². The summed E-state index contributed by atoms with van der Waals surface area (Å²) in [6.45, 7) is 2.30. The average molecular weight is 266 g/mol. The van der Waals surface area contributed by atoms with Crippen LogP contribution < -0.4 is 0 Å². The first-order valence-corrected chi connectivity index (χ1v) is 5.61. The van der Waals surface area contributed by atoms with E-state index in [1.807, 2.05) is 0 Å². The fourth-order valence-electron chi connectivity index (χ4n) is 0.729. The van der Waals surface area contributed by atoms with E-state index in [2.05, 4.69) is 6.58 Å². The van der Waals surface area contributed by atoms with Crippen molar-refractivity contribution in [3.8, 4) is 0 Å². The quantitative estimate of drug-likeness (QED) is 0.365. The molecule has 17 heavy (non-hydrogen) atoms. The minimum absolute atomic E-state index is 0.102. The summed E-state index contributed by atoms with van der Waals surface area (Å²) >= 11 is 0. The number of hydrogen-bond acceptors (Lipinski definition) is 6. The molecule has 98 valence electrons. The predicted molar refractivity (Wildman–Crippen MR) is 58.0 cm³/mol. The summed E-state index contributed by atoms with van der Waals surface area (Å²) in [5.74, 6) is -1.99. The third-order valence-electron chi connectivity index (χ3n) is 1.65. The molecule has 0 heterocycles. The van der Waals surface area contributed by atoms with Crippen molar-refractivity contribution in [1.82, 2.24) is 0 Å². The highest BCUT2D eigenvalue weighted by Crippen LogP contribution is 2.09. The zero-order valence-corrected chi connectivity index (χ0v) is 10.0. The number of ether oxygens (including phenoxy) is 2. The Morgan fingerprint density at radius 1 is 1.41 bits per heavy atom. The molecule has 0 aliphatic heterocycles. The molecule has 0 aromatic carbocycles.